The van der Waals surface area contributed by atoms with Crippen LogP contribution in [0.2, 0.25) is 0 Å². The maximum Gasteiger partial charge on any atom is 0.380 e. The summed E-state index contributed by atoms with van der Waals surface area (Å²) in [5.74, 6) is 0.435. The van der Waals surface area contributed by atoms with Crippen molar-refractivity contribution in [3.8, 4) is 5.75 Å². The molecule has 2 heterocycles. The average Bonchev–Trinajstić information content (AvgIpc) is 2.99. The number of aromatic nitrogens is 1. The van der Waals surface area contributed by atoms with Crippen molar-refractivity contribution in [3.05, 3.63) is 56.0 Å². The lowest BCUT2D eigenvalue weighted by Crippen LogP contribution is -2.27. The molecule has 0 spiro atoms. The number of carbonyl (C=O) groups excluding carboxylic acids is 1. The first kappa shape index (κ1) is 20.1. The summed E-state index contributed by atoms with van der Waals surface area (Å²) in [5.41, 5.74) is 2.24. The minimum Gasteiger partial charge on any atom is -0.453 e. The van der Waals surface area contributed by atoms with E-state index < -0.39 is 5.97 Å². The first-order valence-corrected chi connectivity index (χ1v) is 10.6. The second kappa shape index (κ2) is 7.25. The smallest absolute Gasteiger partial charge is 0.380 e. The zero-order valence-electron chi connectivity index (χ0n) is 16.0. The fourth-order valence-electron chi connectivity index (χ4n) is 3.78. The average molecular weight is 522 g/mol. The summed E-state index contributed by atoms with van der Waals surface area (Å²) >= 11 is 6.95. The molecule has 1 aliphatic rings. The summed E-state index contributed by atoms with van der Waals surface area (Å²) in [7, 11) is 0. The molecule has 0 unspecified atom stereocenters. The van der Waals surface area contributed by atoms with E-state index in [1.807, 2.05) is 18.2 Å². The molecule has 29 heavy (non-hydrogen) atoms. The minimum atomic E-state index is -0.623. The maximum atomic E-state index is 13.0. The molecule has 150 valence electrons. The van der Waals surface area contributed by atoms with Crippen molar-refractivity contribution < 1.29 is 19.2 Å². The number of rotatable bonds is 2. The Morgan fingerprint density at radius 3 is 2.79 bits per heavy atom. The predicted molar refractivity (Wildman–Crippen MR) is 116 cm³/mol. The van der Waals surface area contributed by atoms with Gasteiger partial charge in [0.15, 0.2) is 5.75 Å². The van der Waals surface area contributed by atoms with Crippen LogP contribution in [-0.2, 0) is 6.42 Å². The lowest BCUT2D eigenvalue weighted by atomic mass is 9.75. The van der Waals surface area contributed by atoms with E-state index in [9.17, 15) is 10.0 Å². The third kappa shape index (κ3) is 3.48. The van der Waals surface area contributed by atoms with E-state index in [1.165, 1.54) is 0 Å². The molecule has 0 fully saturated rings. The van der Waals surface area contributed by atoms with Gasteiger partial charge < -0.3 is 14.4 Å². The van der Waals surface area contributed by atoms with Crippen LogP contribution in [0.25, 0.3) is 10.9 Å². The van der Waals surface area contributed by atoms with Gasteiger partial charge in [0.2, 0.25) is 5.76 Å². The third-order valence-corrected chi connectivity index (χ3v) is 6.29. The zero-order valence-corrected chi connectivity index (χ0v) is 19.2. The number of hydrogen-bond acceptors (Lipinski definition) is 6. The molecule has 4 rings (SSSR count). The summed E-state index contributed by atoms with van der Waals surface area (Å²) in [5, 5.41) is 13.7. The van der Waals surface area contributed by atoms with Crippen molar-refractivity contribution in [2.75, 3.05) is 0 Å². The first-order valence-electron chi connectivity index (χ1n) is 9.00. The summed E-state index contributed by atoms with van der Waals surface area (Å²) in [6.45, 7) is 5.90. The molecule has 0 amide bonds. The second-order valence-electron chi connectivity index (χ2n) is 7.88. The highest BCUT2D eigenvalue weighted by Gasteiger charge is 2.37. The number of benzene rings is 1. The van der Waals surface area contributed by atoms with Gasteiger partial charge in [-0.3, -0.25) is 4.98 Å². The van der Waals surface area contributed by atoms with Crippen LogP contribution in [-0.4, -0.2) is 21.9 Å². The largest absolute Gasteiger partial charge is 0.453 e. The normalized spacial score (nSPS) is 16.8. The molecular weight excluding hydrogens is 504 g/mol. The van der Waals surface area contributed by atoms with E-state index >= 15 is 0 Å². The van der Waals surface area contributed by atoms with Crippen LogP contribution in [0.1, 0.15) is 47.7 Å². The molecule has 0 radical (unpaired) electrons. The number of nitrogens with zero attached hydrogens (tertiary/aromatic N) is 2. The van der Waals surface area contributed by atoms with Gasteiger partial charge in [-0.2, -0.15) is 0 Å². The molecule has 0 saturated heterocycles. The topological polar surface area (TPSA) is 84.9 Å². The molecule has 3 aromatic rings. The summed E-state index contributed by atoms with van der Waals surface area (Å²) in [4.78, 5) is 17.4. The standard InChI is InChI=1S/C21H18Br2N2O4/c1-10-16-14(25-27)8-21(2,3)9-15(16)28-18(10)20(26)29-19-13(23)7-12(22)11-5-4-6-24-17(11)19/h4-7,27H,8-9H2,1-3H3/b25-14-. The van der Waals surface area contributed by atoms with Gasteiger partial charge in [-0.05, 0) is 46.8 Å². The molecule has 1 aliphatic carbocycles. The lowest BCUT2D eigenvalue weighted by Gasteiger charge is -2.28. The number of halogens is 2. The Morgan fingerprint density at radius 2 is 2.07 bits per heavy atom. The minimum absolute atomic E-state index is 0.104. The molecule has 0 atom stereocenters. The van der Waals surface area contributed by atoms with Crippen LogP contribution in [0.5, 0.6) is 5.75 Å². The Kier molecular flexibility index (Phi) is 5.02. The van der Waals surface area contributed by atoms with Crippen molar-refractivity contribution in [1.29, 1.82) is 0 Å². The predicted octanol–water partition coefficient (Wildman–Crippen LogP) is 6.03. The Balaban J connectivity index is 1.77. The van der Waals surface area contributed by atoms with Crippen molar-refractivity contribution >= 4 is 54.4 Å². The van der Waals surface area contributed by atoms with Gasteiger partial charge in [-0.15, -0.1) is 0 Å². The van der Waals surface area contributed by atoms with E-state index in [-0.39, 0.29) is 11.2 Å². The van der Waals surface area contributed by atoms with Crippen molar-refractivity contribution in [1.82, 2.24) is 4.98 Å². The van der Waals surface area contributed by atoms with Crippen LogP contribution in [0.15, 0.2) is 42.9 Å². The lowest BCUT2D eigenvalue weighted by molar-refractivity contribution is 0.0698. The molecule has 2 aromatic heterocycles. The second-order valence-corrected chi connectivity index (χ2v) is 9.59. The fraction of sp³-hybridized carbons (Fsp3) is 0.286. The number of oxime groups is 1. The monoisotopic (exact) mass is 520 g/mol. The van der Waals surface area contributed by atoms with E-state index in [2.05, 4.69) is 55.8 Å². The van der Waals surface area contributed by atoms with E-state index in [0.29, 0.717) is 51.2 Å². The molecule has 1 aromatic carbocycles. The van der Waals surface area contributed by atoms with Gasteiger partial charge in [0.05, 0.1) is 10.2 Å². The summed E-state index contributed by atoms with van der Waals surface area (Å²) in [6.07, 6.45) is 2.88. The Labute approximate surface area is 184 Å². The number of fused-ring (bicyclic) bond motifs is 2. The van der Waals surface area contributed by atoms with Crippen molar-refractivity contribution in [2.24, 2.45) is 10.6 Å². The Hall–Kier alpha value is -2.19. The number of ether oxygens (including phenoxy) is 1. The van der Waals surface area contributed by atoms with E-state index in [0.717, 1.165) is 9.86 Å². The molecule has 1 N–H and O–H groups in total. The third-order valence-electron chi connectivity index (χ3n) is 5.04. The molecular formula is C21H18Br2N2O4. The quantitative estimate of drug-likeness (QED) is 0.192. The van der Waals surface area contributed by atoms with Crippen LogP contribution in [0, 0.1) is 12.3 Å². The first-order chi connectivity index (χ1) is 13.7. The summed E-state index contributed by atoms with van der Waals surface area (Å²) < 4.78 is 13.0. The van der Waals surface area contributed by atoms with Gasteiger partial charge in [-0.25, -0.2) is 4.79 Å². The number of carbonyl (C=O) groups is 1. The van der Waals surface area contributed by atoms with Gasteiger partial charge >= 0.3 is 5.97 Å². The number of furan rings is 1. The highest BCUT2D eigenvalue weighted by atomic mass is 79.9. The number of hydrogen-bond donors (Lipinski definition) is 1. The van der Waals surface area contributed by atoms with Crippen LogP contribution in [0.4, 0.5) is 0 Å². The fourth-order valence-corrected chi connectivity index (χ4v) is 5.13. The Bertz CT molecular complexity index is 1180. The van der Waals surface area contributed by atoms with Gasteiger partial charge in [-0.1, -0.05) is 41.0 Å². The molecule has 0 aliphatic heterocycles. The van der Waals surface area contributed by atoms with Crippen molar-refractivity contribution in [3.63, 3.8) is 0 Å². The maximum absolute atomic E-state index is 13.0. The Morgan fingerprint density at radius 1 is 1.31 bits per heavy atom. The van der Waals surface area contributed by atoms with Crippen molar-refractivity contribution in [2.45, 2.75) is 33.6 Å². The molecule has 8 heteroatoms. The molecule has 0 bridgehead atoms. The van der Waals surface area contributed by atoms with Crippen LogP contribution < -0.4 is 4.74 Å². The van der Waals surface area contributed by atoms with E-state index in [4.69, 9.17) is 9.15 Å². The van der Waals surface area contributed by atoms with Crippen LogP contribution in [0.3, 0.4) is 0 Å². The highest BCUT2D eigenvalue weighted by Crippen LogP contribution is 2.40. The SMILES string of the molecule is Cc1c(C(=O)Oc2c(Br)cc(Br)c3cccnc23)oc2c1/C(=N\O)CC(C)(C)C2. The van der Waals surface area contributed by atoms with Crippen LogP contribution >= 0.6 is 31.9 Å². The van der Waals surface area contributed by atoms with Gasteiger partial charge in [0.25, 0.3) is 0 Å². The van der Waals surface area contributed by atoms with Gasteiger partial charge in [0, 0.05) is 33.6 Å². The van der Waals surface area contributed by atoms with Gasteiger partial charge in [0.1, 0.15) is 11.3 Å². The highest BCUT2D eigenvalue weighted by molar-refractivity contribution is 9.11. The van der Waals surface area contributed by atoms with E-state index in [1.54, 1.807) is 13.1 Å². The molecule has 6 nitrogen and oxygen atoms in total. The summed E-state index contributed by atoms with van der Waals surface area (Å²) in [6, 6.07) is 5.51. The number of pyridine rings is 1. The molecule has 0 saturated carbocycles. The number of esters is 1. The zero-order chi connectivity index (χ0) is 20.9.